The predicted octanol–water partition coefficient (Wildman–Crippen LogP) is 2.70. The van der Waals surface area contributed by atoms with E-state index in [1.54, 1.807) is 80.5 Å². The zero-order chi connectivity index (χ0) is 28.2. The summed E-state index contributed by atoms with van der Waals surface area (Å²) in [6.07, 6.45) is -0.259. The van der Waals surface area contributed by atoms with E-state index in [0.717, 1.165) is 5.56 Å². The molecule has 2 rings (SSSR count). The minimum Gasteiger partial charge on any atom is -0.444 e. The molecule has 0 saturated carbocycles. The number of carbonyl (C=O) groups is 3. The summed E-state index contributed by atoms with van der Waals surface area (Å²) in [5, 5.41) is 18.3. The van der Waals surface area contributed by atoms with Crippen LogP contribution in [0.5, 0.6) is 0 Å². The topological polar surface area (TPSA) is 135 Å². The van der Waals surface area contributed by atoms with E-state index in [0.29, 0.717) is 11.0 Å². The maximum Gasteiger partial charge on any atom is 0.492 e. The lowest BCUT2D eigenvalue weighted by atomic mass is 9.79. The van der Waals surface area contributed by atoms with Crippen molar-refractivity contribution in [2.24, 2.45) is 0 Å². The number of alkyl carbamates (subject to hydrolysis) is 2. The Hall–Kier alpha value is -3.05. The summed E-state index contributed by atoms with van der Waals surface area (Å²) in [5.41, 5.74) is -0.445. The fourth-order valence-corrected chi connectivity index (χ4v) is 3.85. The number of fused-ring (bicyclic) bond motifs is 1. The first kappa shape index (κ1) is 30.2. The number of nitrogens with one attached hydrogen (secondary N) is 3. The summed E-state index contributed by atoms with van der Waals surface area (Å²) in [6.45, 7) is 15.7. The standard InChI is InChI=1S/C26H40BN3O7/c1-16(14-26(8,9)30-23(33)36-25(5,6)7)20(29-22(32)35-24(2,3)4)21(31)28-15-19-17-12-10-11-13-18(17)27(34)37-19/h10-14,19-20,34H,15H2,1-9H3,(H,28,31)(H,29,32)(H,30,33)/b16-14+. The molecule has 0 aromatic heterocycles. The third-order valence-electron chi connectivity index (χ3n) is 5.15. The zero-order valence-electron chi connectivity index (χ0n) is 23.2. The van der Waals surface area contributed by atoms with Gasteiger partial charge in [0.25, 0.3) is 0 Å². The minimum atomic E-state index is -1.10. The van der Waals surface area contributed by atoms with E-state index >= 15 is 0 Å². The van der Waals surface area contributed by atoms with Crippen LogP contribution in [0.4, 0.5) is 9.59 Å². The van der Waals surface area contributed by atoms with Crippen LogP contribution in [0.2, 0.25) is 0 Å². The number of rotatable bonds is 7. The molecule has 1 aliphatic rings. The first-order valence-electron chi connectivity index (χ1n) is 12.3. The molecule has 0 fully saturated rings. The van der Waals surface area contributed by atoms with Crippen LogP contribution in [0.15, 0.2) is 35.9 Å². The van der Waals surface area contributed by atoms with Gasteiger partial charge in [-0.2, -0.15) is 0 Å². The molecule has 1 aliphatic heterocycles. The molecule has 1 heterocycles. The molecule has 1 aromatic rings. The van der Waals surface area contributed by atoms with Gasteiger partial charge in [-0.05, 0) is 78.9 Å². The van der Waals surface area contributed by atoms with Crippen molar-refractivity contribution in [2.45, 2.75) is 91.2 Å². The van der Waals surface area contributed by atoms with Crippen LogP contribution in [-0.4, -0.2) is 59.6 Å². The molecule has 4 N–H and O–H groups in total. The largest absolute Gasteiger partial charge is 0.492 e. The Balaban J connectivity index is 2.20. The molecule has 3 amide bonds. The Bertz CT molecular complexity index is 1030. The molecule has 1 aromatic carbocycles. The second kappa shape index (κ2) is 11.6. The van der Waals surface area contributed by atoms with E-state index in [2.05, 4.69) is 16.0 Å². The van der Waals surface area contributed by atoms with Crippen LogP contribution in [0, 0.1) is 0 Å². The average molecular weight is 517 g/mol. The number of hydrogen-bond donors (Lipinski definition) is 4. The van der Waals surface area contributed by atoms with E-state index in [9.17, 15) is 19.4 Å². The van der Waals surface area contributed by atoms with Gasteiger partial charge in [-0.1, -0.05) is 30.3 Å². The minimum absolute atomic E-state index is 0.0756. The summed E-state index contributed by atoms with van der Waals surface area (Å²) >= 11 is 0. The summed E-state index contributed by atoms with van der Waals surface area (Å²) in [5.74, 6) is -0.504. The third kappa shape index (κ3) is 9.73. The molecule has 11 heteroatoms. The van der Waals surface area contributed by atoms with Gasteiger partial charge < -0.3 is 35.1 Å². The lowest BCUT2D eigenvalue weighted by molar-refractivity contribution is -0.122. The lowest BCUT2D eigenvalue weighted by Crippen LogP contribution is -2.51. The molecule has 0 saturated heterocycles. The molecular weight excluding hydrogens is 477 g/mol. The van der Waals surface area contributed by atoms with E-state index in [1.807, 2.05) is 12.1 Å². The fraction of sp³-hybridized carbons (Fsp3) is 0.577. The Morgan fingerprint density at radius 2 is 1.59 bits per heavy atom. The van der Waals surface area contributed by atoms with Gasteiger partial charge in [0, 0.05) is 6.54 Å². The Morgan fingerprint density at radius 1 is 1.03 bits per heavy atom. The molecule has 0 bridgehead atoms. The van der Waals surface area contributed by atoms with Crippen LogP contribution in [0.3, 0.4) is 0 Å². The summed E-state index contributed by atoms with van der Waals surface area (Å²) in [7, 11) is -1.07. The van der Waals surface area contributed by atoms with Gasteiger partial charge in [0.15, 0.2) is 0 Å². The molecule has 204 valence electrons. The van der Waals surface area contributed by atoms with Crippen molar-refractivity contribution in [1.82, 2.24) is 16.0 Å². The second-order valence-corrected chi connectivity index (χ2v) is 11.7. The molecule has 2 unspecified atom stereocenters. The van der Waals surface area contributed by atoms with Gasteiger partial charge >= 0.3 is 19.3 Å². The van der Waals surface area contributed by atoms with Gasteiger partial charge in [0.1, 0.15) is 17.2 Å². The molecule has 0 aliphatic carbocycles. The van der Waals surface area contributed by atoms with Crippen LogP contribution >= 0.6 is 0 Å². The van der Waals surface area contributed by atoms with Crippen LogP contribution in [0.25, 0.3) is 0 Å². The molecular formula is C26H40BN3O7. The number of benzene rings is 1. The van der Waals surface area contributed by atoms with Crippen LogP contribution in [0.1, 0.15) is 74.0 Å². The van der Waals surface area contributed by atoms with Gasteiger partial charge in [-0.3, -0.25) is 4.79 Å². The number of hydrogen-bond acceptors (Lipinski definition) is 7. The van der Waals surface area contributed by atoms with Crippen molar-refractivity contribution in [1.29, 1.82) is 0 Å². The monoisotopic (exact) mass is 517 g/mol. The summed E-state index contributed by atoms with van der Waals surface area (Å²) < 4.78 is 16.3. The first-order valence-corrected chi connectivity index (χ1v) is 12.3. The highest BCUT2D eigenvalue weighted by Crippen LogP contribution is 2.22. The highest BCUT2D eigenvalue weighted by Gasteiger charge is 2.35. The Kier molecular flexibility index (Phi) is 9.43. The maximum atomic E-state index is 13.3. The number of carbonyl (C=O) groups excluding carboxylic acids is 3. The van der Waals surface area contributed by atoms with Crippen LogP contribution < -0.4 is 21.4 Å². The normalized spacial score (nSPS) is 17.0. The highest BCUT2D eigenvalue weighted by molar-refractivity contribution is 6.61. The zero-order valence-corrected chi connectivity index (χ0v) is 23.2. The average Bonchev–Trinajstić information content (AvgIpc) is 3.02. The maximum absolute atomic E-state index is 13.3. The van der Waals surface area contributed by atoms with Gasteiger partial charge in [-0.15, -0.1) is 0 Å². The van der Waals surface area contributed by atoms with Crippen molar-refractivity contribution < 1.29 is 33.5 Å². The van der Waals surface area contributed by atoms with Crippen molar-refractivity contribution in [3.05, 3.63) is 41.5 Å². The van der Waals surface area contributed by atoms with Crippen molar-refractivity contribution >= 4 is 30.7 Å². The van der Waals surface area contributed by atoms with Crippen LogP contribution in [-0.2, 0) is 18.9 Å². The second-order valence-electron chi connectivity index (χ2n) is 11.7. The summed E-state index contributed by atoms with van der Waals surface area (Å²) in [4.78, 5) is 38.1. The van der Waals surface area contributed by atoms with Crippen molar-refractivity contribution in [3.63, 3.8) is 0 Å². The number of amides is 3. The molecule has 2 atom stereocenters. The molecule has 0 spiro atoms. The quantitative estimate of drug-likeness (QED) is 0.323. The SMILES string of the molecule is C/C(=C\C(C)(C)NC(=O)OC(C)(C)C)C(NC(=O)OC(C)(C)C)C(=O)NCC1OB(O)c2ccccc21. The smallest absolute Gasteiger partial charge is 0.444 e. The summed E-state index contributed by atoms with van der Waals surface area (Å²) in [6, 6.07) is 6.12. The Morgan fingerprint density at radius 3 is 2.19 bits per heavy atom. The highest BCUT2D eigenvalue weighted by atomic mass is 16.6. The molecule has 10 nitrogen and oxygen atoms in total. The Labute approximate surface area is 219 Å². The molecule has 0 radical (unpaired) electrons. The van der Waals surface area contributed by atoms with E-state index in [1.165, 1.54) is 0 Å². The van der Waals surface area contributed by atoms with Gasteiger partial charge in [0.2, 0.25) is 5.91 Å². The molecule has 37 heavy (non-hydrogen) atoms. The van der Waals surface area contributed by atoms with Gasteiger partial charge in [-0.25, -0.2) is 9.59 Å². The van der Waals surface area contributed by atoms with Crippen molar-refractivity contribution in [2.75, 3.05) is 6.54 Å². The predicted molar refractivity (Wildman–Crippen MR) is 141 cm³/mol. The van der Waals surface area contributed by atoms with E-state index < -0.39 is 54.1 Å². The first-order chi connectivity index (χ1) is 16.9. The lowest BCUT2D eigenvalue weighted by Gasteiger charge is -2.29. The fourth-order valence-electron chi connectivity index (χ4n) is 3.85. The van der Waals surface area contributed by atoms with E-state index in [-0.39, 0.29) is 6.54 Å². The van der Waals surface area contributed by atoms with Gasteiger partial charge in [0.05, 0.1) is 11.6 Å². The third-order valence-corrected chi connectivity index (χ3v) is 5.15. The van der Waals surface area contributed by atoms with E-state index in [4.69, 9.17) is 14.1 Å². The van der Waals surface area contributed by atoms with Crippen molar-refractivity contribution in [3.8, 4) is 0 Å². The number of ether oxygens (including phenoxy) is 2.